The van der Waals surface area contributed by atoms with Crippen LogP contribution < -0.4 is 16.8 Å². The second-order valence-corrected chi connectivity index (χ2v) is 11.2. The molecule has 0 spiro atoms. The lowest BCUT2D eigenvalue weighted by Gasteiger charge is -2.49. The number of para-hydroxylation sites is 1. The van der Waals surface area contributed by atoms with Gasteiger partial charge in [-0.2, -0.15) is 5.01 Å². The highest BCUT2D eigenvalue weighted by molar-refractivity contribution is 6.12. The topological polar surface area (TPSA) is 119 Å². The van der Waals surface area contributed by atoms with E-state index in [1.54, 1.807) is 36.4 Å². The summed E-state index contributed by atoms with van der Waals surface area (Å²) in [6, 6.07) is 22.7. The van der Waals surface area contributed by atoms with Gasteiger partial charge in [-0.05, 0) is 42.7 Å². The molecular weight excluding hydrogens is 534 g/mol. The first-order chi connectivity index (χ1) is 20.2. The third-order valence-corrected chi connectivity index (χ3v) is 9.10. The average molecular weight is 564 g/mol. The molecule has 1 aromatic heterocycles. The summed E-state index contributed by atoms with van der Waals surface area (Å²) >= 11 is 0. The van der Waals surface area contributed by atoms with Crippen molar-refractivity contribution < 1.29 is 14.7 Å². The van der Waals surface area contributed by atoms with Gasteiger partial charge < -0.3 is 5.11 Å². The van der Waals surface area contributed by atoms with Gasteiger partial charge in [0.15, 0.2) is 0 Å². The maximum atomic E-state index is 14.9. The highest BCUT2D eigenvalue weighted by Crippen LogP contribution is 2.62. The quantitative estimate of drug-likeness (QED) is 0.291. The molecule has 1 saturated heterocycles. The van der Waals surface area contributed by atoms with Gasteiger partial charge in [-0.15, -0.1) is 0 Å². The number of benzene rings is 3. The van der Waals surface area contributed by atoms with Crippen LogP contribution in [0.4, 0.5) is 5.69 Å². The molecule has 7 rings (SSSR count). The molecule has 10 heteroatoms. The van der Waals surface area contributed by atoms with Crippen LogP contribution in [0.5, 0.6) is 5.75 Å². The van der Waals surface area contributed by atoms with Gasteiger partial charge in [-0.3, -0.25) is 15.0 Å². The number of allylic oxidation sites excluding steroid dienone is 2. The first kappa shape index (κ1) is 25.8. The number of hydrogen-bond donors (Lipinski definition) is 2. The maximum absolute atomic E-state index is 14.9. The van der Waals surface area contributed by atoms with Gasteiger partial charge in [-0.1, -0.05) is 72.3 Å². The number of nitrogens with zero attached hydrogens (tertiary/aromatic N) is 4. The maximum Gasteiger partial charge on any atom is 0.347 e. The molecule has 0 radical (unpaired) electrons. The minimum Gasteiger partial charge on any atom is -0.508 e. The van der Waals surface area contributed by atoms with E-state index < -0.39 is 46.5 Å². The van der Waals surface area contributed by atoms with Crippen molar-refractivity contribution >= 4 is 17.5 Å². The lowest BCUT2D eigenvalue weighted by molar-refractivity contribution is -0.138. The van der Waals surface area contributed by atoms with Gasteiger partial charge in [0.25, 0.3) is 11.8 Å². The van der Waals surface area contributed by atoms with Crippen molar-refractivity contribution in [3.8, 4) is 5.75 Å². The van der Waals surface area contributed by atoms with Crippen molar-refractivity contribution in [2.45, 2.75) is 37.3 Å². The van der Waals surface area contributed by atoms with E-state index in [9.17, 15) is 24.3 Å². The number of fused-ring (bicyclic) bond motifs is 4. The standard InChI is InChI=1S/C32H29N5O5/c1-19-12-14-21(15-13-19)33-36-28(39)24-18-25-22(16-17-35-30(41)34(2)31(42)37(25)35)27(23-10-6-7-11-26(23)38)32(24,29(36)40)20-8-4-3-5-9-20/h3-16,24-25,27,33,38H,17-18H2,1-2H3. The van der Waals surface area contributed by atoms with Gasteiger partial charge in [-0.25, -0.2) is 23.5 Å². The van der Waals surface area contributed by atoms with Gasteiger partial charge in [0.05, 0.1) is 29.6 Å². The molecule has 10 nitrogen and oxygen atoms in total. The molecule has 4 unspecified atom stereocenters. The Kier molecular flexibility index (Phi) is 5.66. The van der Waals surface area contributed by atoms with Crippen LogP contribution >= 0.6 is 0 Å². The predicted octanol–water partition coefficient (Wildman–Crippen LogP) is 2.98. The number of phenolic OH excluding ortho intramolecular Hbond substituents is 1. The molecule has 4 atom stereocenters. The molecule has 42 heavy (non-hydrogen) atoms. The number of hydrazine groups is 1. The minimum atomic E-state index is -1.43. The third-order valence-electron chi connectivity index (χ3n) is 9.10. The van der Waals surface area contributed by atoms with E-state index in [0.717, 1.165) is 15.1 Å². The van der Waals surface area contributed by atoms with Gasteiger partial charge in [0.1, 0.15) is 5.75 Å². The first-order valence-corrected chi connectivity index (χ1v) is 13.9. The van der Waals surface area contributed by atoms with Crippen molar-refractivity contribution in [2.24, 2.45) is 13.0 Å². The number of aromatic hydroxyl groups is 1. The number of nitrogens with one attached hydrogen (secondary N) is 1. The second-order valence-electron chi connectivity index (χ2n) is 11.2. The summed E-state index contributed by atoms with van der Waals surface area (Å²) in [5.74, 6) is -2.62. The molecule has 0 bridgehead atoms. The SMILES string of the molecule is Cc1ccc(NN2C(=O)C3CC4C(=CCn5c(=O)n(C)c(=O)n54)C(c4ccccc4O)C3(c3ccccc3)C2=O)cc1. The summed E-state index contributed by atoms with van der Waals surface area (Å²) in [4.78, 5) is 55.6. The molecule has 3 heterocycles. The Morgan fingerprint density at radius 2 is 1.57 bits per heavy atom. The largest absolute Gasteiger partial charge is 0.508 e. The number of aryl methyl sites for hydroxylation is 1. The van der Waals surface area contributed by atoms with Crippen molar-refractivity contribution in [3.63, 3.8) is 0 Å². The van der Waals surface area contributed by atoms with Crippen LogP contribution in [0.3, 0.4) is 0 Å². The molecule has 1 aliphatic carbocycles. The highest BCUT2D eigenvalue weighted by atomic mass is 16.3. The Hall–Kier alpha value is -5.12. The lowest BCUT2D eigenvalue weighted by atomic mass is 9.53. The molecule has 2 amide bonds. The fraction of sp³-hybridized carbons (Fsp3) is 0.250. The summed E-state index contributed by atoms with van der Waals surface area (Å²) in [7, 11) is 1.43. The molecule has 212 valence electrons. The highest BCUT2D eigenvalue weighted by Gasteiger charge is 2.69. The zero-order valence-electron chi connectivity index (χ0n) is 23.1. The molecule has 1 saturated carbocycles. The van der Waals surface area contributed by atoms with E-state index in [2.05, 4.69) is 5.43 Å². The zero-order chi connectivity index (χ0) is 29.3. The van der Waals surface area contributed by atoms with Crippen molar-refractivity contribution in [1.82, 2.24) is 18.9 Å². The molecule has 2 aliphatic heterocycles. The second kappa shape index (κ2) is 9.20. The number of rotatable bonds is 4. The number of carbonyl (C=O) groups is 2. The number of carbonyl (C=O) groups excluding carboxylic acids is 2. The van der Waals surface area contributed by atoms with Crippen LogP contribution in [-0.2, 0) is 28.6 Å². The number of anilines is 1. The Morgan fingerprint density at radius 1 is 0.881 bits per heavy atom. The molecule has 3 aliphatic rings. The van der Waals surface area contributed by atoms with Crippen molar-refractivity contribution in [1.29, 1.82) is 0 Å². The molecular formula is C32H29N5O5. The molecule has 2 N–H and O–H groups in total. The monoisotopic (exact) mass is 563 g/mol. The van der Waals surface area contributed by atoms with E-state index in [4.69, 9.17) is 0 Å². The summed E-state index contributed by atoms with van der Waals surface area (Å²) < 4.78 is 3.84. The van der Waals surface area contributed by atoms with E-state index >= 15 is 0 Å². The van der Waals surface area contributed by atoms with Crippen LogP contribution in [0.25, 0.3) is 0 Å². The fourth-order valence-corrected chi connectivity index (χ4v) is 7.19. The van der Waals surface area contributed by atoms with Crippen molar-refractivity contribution in [3.05, 3.63) is 128 Å². The normalized spacial score (nSPS) is 24.6. The minimum absolute atomic E-state index is 0.0216. The van der Waals surface area contributed by atoms with E-state index in [-0.39, 0.29) is 18.7 Å². The summed E-state index contributed by atoms with van der Waals surface area (Å²) in [6.07, 6.45) is 1.99. The summed E-state index contributed by atoms with van der Waals surface area (Å²) in [5.41, 5.74) is 4.10. The van der Waals surface area contributed by atoms with Crippen LogP contribution in [0.15, 0.2) is 100 Å². The van der Waals surface area contributed by atoms with Gasteiger partial charge in [0.2, 0.25) is 0 Å². The Labute approximate surface area is 240 Å². The predicted molar refractivity (Wildman–Crippen MR) is 155 cm³/mol. The summed E-state index contributed by atoms with van der Waals surface area (Å²) in [6.45, 7) is 2.07. The first-order valence-electron chi connectivity index (χ1n) is 13.9. The van der Waals surface area contributed by atoms with E-state index in [1.165, 1.54) is 16.4 Å². The lowest BCUT2D eigenvalue weighted by Crippen LogP contribution is -2.53. The number of aromatic nitrogens is 3. The molecule has 3 aromatic carbocycles. The number of imide groups is 1. The smallest absolute Gasteiger partial charge is 0.347 e. The number of hydrogen-bond acceptors (Lipinski definition) is 6. The van der Waals surface area contributed by atoms with Crippen LogP contribution in [-0.4, -0.2) is 35.9 Å². The fourth-order valence-electron chi connectivity index (χ4n) is 7.19. The number of phenols is 1. The van der Waals surface area contributed by atoms with E-state index in [1.807, 2.05) is 55.5 Å². The van der Waals surface area contributed by atoms with Gasteiger partial charge >= 0.3 is 11.4 Å². The van der Waals surface area contributed by atoms with Crippen LogP contribution in [0.2, 0.25) is 0 Å². The van der Waals surface area contributed by atoms with Crippen molar-refractivity contribution in [2.75, 3.05) is 5.43 Å². The summed E-state index contributed by atoms with van der Waals surface area (Å²) in [5, 5.41) is 12.3. The Morgan fingerprint density at radius 3 is 2.29 bits per heavy atom. The Bertz CT molecular complexity index is 1900. The van der Waals surface area contributed by atoms with E-state index in [0.29, 0.717) is 22.4 Å². The average Bonchev–Trinajstić information content (AvgIpc) is 3.35. The zero-order valence-corrected chi connectivity index (χ0v) is 23.1. The third kappa shape index (κ3) is 3.38. The Balaban J connectivity index is 1.50. The van der Waals surface area contributed by atoms with Crippen LogP contribution in [0.1, 0.15) is 35.1 Å². The van der Waals surface area contributed by atoms with Gasteiger partial charge in [0, 0.05) is 18.5 Å². The molecule has 2 fully saturated rings. The van der Waals surface area contributed by atoms with Crippen LogP contribution in [0, 0.1) is 12.8 Å². The number of amides is 2. The molecule has 4 aromatic rings.